The van der Waals surface area contributed by atoms with E-state index in [1.165, 1.54) is 0 Å². The topological polar surface area (TPSA) is 49.9 Å². The van der Waals surface area contributed by atoms with Gasteiger partial charge >= 0.3 is 0 Å². The molecule has 32 heavy (non-hydrogen) atoms. The molecular formula is C27H18ClN3O. The standard InChI is InChI=1S/C27H18ClN3O/c28-19-15-21(24-20-13-7-8-14-22(20)32-23(24)16-19)27-30-25(17-9-3-1-4-10-17)29-26(31-27)18-11-5-2-6-12-18/h1-16,27H,(H,29,30,31). The summed E-state index contributed by atoms with van der Waals surface area (Å²) >= 11 is 6.50. The molecule has 0 atom stereocenters. The van der Waals surface area contributed by atoms with Crippen molar-refractivity contribution in [3.63, 3.8) is 0 Å². The van der Waals surface area contributed by atoms with Crippen LogP contribution < -0.4 is 5.32 Å². The molecule has 0 saturated heterocycles. The van der Waals surface area contributed by atoms with Crippen LogP contribution in [0.25, 0.3) is 21.9 Å². The Hall–Kier alpha value is -3.89. The number of aliphatic imine (C=N–C) groups is 2. The van der Waals surface area contributed by atoms with Gasteiger partial charge in [-0.15, -0.1) is 0 Å². The molecule has 0 saturated carbocycles. The number of hydrogen-bond acceptors (Lipinski definition) is 4. The summed E-state index contributed by atoms with van der Waals surface area (Å²) in [7, 11) is 0. The van der Waals surface area contributed by atoms with Gasteiger partial charge in [-0.2, -0.15) is 0 Å². The van der Waals surface area contributed by atoms with E-state index in [1.807, 2.05) is 91.0 Å². The summed E-state index contributed by atoms with van der Waals surface area (Å²) in [6.07, 6.45) is -0.469. The third-order valence-corrected chi connectivity index (χ3v) is 5.80. The third-order valence-electron chi connectivity index (χ3n) is 5.59. The van der Waals surface area contributed by atoms with E-state index in [0.717, 1.165) is 50.3 Å². The highest BCUT2D eigenvalue weighted by Crippen LogP contribution is 2.38. The second kappa shape index (κ2) is 7.66. The Morgan fingerprint density at radius 1 is 0.688 bits per heavy atom. The number of halogens is 1. The highest BCUT2D eigenvalue weighted by Gasteiger charge is 2.24. The lowest BCUT2D eigenvalue weighted by Gasteiger charge is -2.23. The number of nitrogens with zero attached hydrogens (tertiary/aromatic N) is 2. The van der Waals surface area contributed by atoms with Crippen molar-refractivity contribution in [2.45, 2.75) is 6.17 Å². The first-order chi connectivity index (χ1) is 15.8. The fourth-order valence-corrected chi connectivity index (χ4v) is 4.35. The Kier molecular flexibility index (Phi) is 4.51. The third kappa shape index (κ3) is 3.26. The van der Waals surface area contributed by atoms with Crippen LogP contribution in [0.5, 0.6) is 0 Å². The van der Waals surface area contributed by atoms with Crippen LogP contribution in [-0.2, 0) is 0 Å². The zero-order chi connectivity index (χ0) is 21.5. The first-order valence-corrected chi connectivity index (χ1v) is 10.8. The smallest absolute Gasteiger partial charge is 0.170 e. The van der Waals surface area contributed by atoms with E-state index in [-0.39, 0.29) is 0 Å². The van der Waals surface area contributed by atoms with Crippen molar-refractivity contribution in [3.8, 4) is 0 Å². The Labute approximate surface area is 189 Å². The molecule has 0 radical (unpaired) electrons. The van der Waals surface area contributed by atoms with Gasteiger partial charge in [0.2, 0.25) is 0 Å². The first kappa shape index (κ1) is 18.8. The van der Waals surface area contributed by atoms with E-state index in [9.17, 15) is 0 Å². The van der Waals surface area contributed by atoms with Crippen molar-refractivity contribution in [1.29, 1.82) is 0 Å². The number of hydrogen-bond donors (Lipinski definition) is 1. The molecule has 4 nitrogen and oxygen atoms in total. The average molecular weight is 436 g/mol. The number of fused-ring (bicyclic) bond motifs is 3. The second-order valence-corrected chi connectivity index (χ2v) is 8.09. The van der Waals surface area contributed by atoms with E-state index in [4.69, 9.17) is 26.0 Å². The van der Waals surface area contributed by atoms with Gasteiger partial charge in [-0.25, -0.2) is 9.98 Å². The second-order valence-electron chi connectivity index (χ2n) is 7.65. The molecule has 0 amide bonds. The molecule has 4 aromatic carbocycles. The van der Waals surface area contributed by atoms with Gasteiger partial charge in [0.15, 0.2) is 6.17 Å². The van der Waals surface area contributed by atoms with Crippen molar-refractivity contribution >= 4 is 45.2 Å². The van der Waals surface area contributed by atoms with Crippen LogP contribution >= 0.6 is 11.6 Å². The van der Waals surface area contributed by atoms with Crippen LogP contribution in [0.15, 0.2) is 111 Å². The van der Waals surface area contributed by atoms with Crippen LogP contribution in [-0.4, -0.2) is 11.7 Å². The summed E-state index contributed by atoms with van der Waals surface area (Å²) in [6.45, 7) is 0. The molecule has 154 valence electrons. The summed E-state index contributed by atoms with van der Waals surface area (Å²) in [5, 5.41) is 6.04. The summed E-state index contributed by atoms with van der Waals surface area (Å²) in [6, 6.07) is 32.0. The normalized spacial score (nSPS) is 14.3. The number of rotatable bonds is 3. The molecule has 2 heterocycles. The molecule has 1 N–H and O–H groups in total. The molecule has 1 aliphatic heterocycles. The van der Waals surface area contributed by atoms with Gasteiger partial charge in [-0.3, -0.25) is 0 Å². The molecule has 1 aromatic heterocycles. The monoisotopic (exact) mass is 435 g/mol. The van der Waals surface area contributed by atoms with Gasteiger partial charge in [0.25, 0.3) is 0 Å². The van der Waals surface area contributed by atoms with Gasteiger partial charge in [0.05, 0.1) is 0 Å². The lowest BCUT2D eigenvalue weighted by atomic mass is 10.0. The average Bonchev–Trinajstić information content (AvgIpc) is 3.22. The Bertz CT molecular complexity index is 1450. The maximum Gasteiger partial charge on any atom is 0.170 e. The summed E-state index contributed by atoms with van der Waals surface area (Å²) in [5.41, 5.74) is 4.47. The van der Waals surface area contributed by atoms with Crippen LogP contribution in [0.3, 0.4) is 0 Å². The van der Waals surface area contributed by atoms with E-state index in [0.29, 0.717) is 5.02 Å². The largest absolute Gasteiger partial charge is 0.456 e. The minimum Gasteiger partial charge on any atom is -0.456 e. The predicted octanol–water partition coefficient (Wildman–Crippen LogP) is 6.73. The van der Waals surface area contributed by atoms with E-state index in [1.54, 1.807) is 0 Å². The summed E-state index contributed by atoms with van der Waals surface area (Å²) < 4.78 is 6.09. The zero-order valence-corrected chi connectivity index (χ0v) is 17.8. The maximum atomic E-state index is 6.50. The molecule has 0 aliphatic carbocycles. The Morgan fingerprint density at radius 3 is 1.94 bits per heavy atom. The molecule has 0 bridgehead atoms. The molecule has 5 heteroatoms. The summed E-state index contributed by atoms with van der Waals surface area (Å²) in [4.78, 5) is 9.99. The van der Waals surface area contributed by atoms with Crippen LogP contribution in [0.2, 0.25) is 5.02 Å². The van der Waals surface area contributed by atoms with Crippen molar-refractivity contribution in [2.75, 3.05) is 0 Å². The fraction of sp³-hybridized carbons (Fsp3) is 0.0370. The minimum atomic E-state index is -0.469. The Balaban J connectivity index is 1.60. The quantitative estimate of drug-likeness (QED) is 0.341. The SMILES string of the molecule is Clc1cc(C2N=C(c3ccccc3)NC(c3ccccc3)=N2)c2c(c1)oc1ccccc12. The van der Waals surface area contributed by atoms with Crippen LogP contribution in [0.1, 0.15) is 22.9 Å². The number of nitrogens with one attached hydrogen (secondary N) is 1. The van der Waals surface area contributed by atoms with E-state index in [2.05, 4.69) is 11.4 Å². The predicted molar refractivity (Wildman–Crippen MR) is 131 cm³/mol. The molecule has 1 aliphatic rings. The lowest BCUT2D eigenvalue weighted by molar-refractivity contribution is 0.667. The highest BCUT2D eigenvalue weighted by atomic mass is 35.5. The van der Waals surface area contributed by atoms with Gasteiger partial charge in [0, 0.05) is 38.6 Å². The molecule has 0 fully saturated rings. The van der Waals surface area contributed by atoms with E-state index < -0.39 is 6.17 Å². The van der Waals surface area contributed by atoms with Crippen molar-refractivity contribution in [2.24, 2.45) is 9.98 Å². The van der Waals surface area contributed by atoms with Gasteiger partial charge < -0.3 is 9.73 Å². The Morgan fingerprint density at radius 2 is 1.28 bits per heavy atom. The molecular weight excluding hydrogens is 418 g/mol. The number of furan rings is 1. The van der Waals surface area contributed by atoms with Crippen molar-refractivity contribution in [1.82, 2.24) is 5.32 Å². The maximum absolute atomic E-state index is 6.50. The zero-order valence-electron chi connectivity index (χ0n) is 17.0. The van der Waals surface area contributed by atoms with Gasteiger partial charge in [-0.1, -0.05) is 90.5 Å². The van der Waals surface area contributed by atoms with Gasteiger partial charge in [-0.05, 0) is 12.1 Å². The number of amidine groups is 2. The summed E-state index contributed by atoms with van der Waals surface area (Å²) in [5.74, 6) is 1.54. The minimum absolute atomic E-state index is 0.469. The highest BCUT2D eigenvalue weighted by molar-refractivity contribution is 6.31. The number of para-hydroxylation sites is 1. The van der Waals surface area contributed by atoms with Crippen molar-refractivity contribution < 1.29 is 4.42 Å². The van der Waals surface area contributed by atoms with Crippen molar-refractivity contribution in [3.05, 3.63) is 119 Å². The molecule has 0 unspecified atom stereocenters. The lowest BCUT2D eigenvalue weighted by Crippen LogP contribution is -2.36. The van der Waals surface area contributed by atoms with Crippen LogP contribution in [0, 0.1) is 0 Å². The fourth-order valence-electron chi connectivity index (χ4n) is 4.13. The molecule has 6 rings (SSSR count). The number of benzene rings is 4. The molecule has 0 spiro atoms. The van der Waals surface area contributed by atoms with Gasteiger partial charge in [0.1, 0.15) is 22.8 Å². The van der Waals surface area contributed by atoms with Crippen LogP contribution in [0.4, 0.5) is 0 Å². The molecule has 5 aromatic rings. The van der Waals surface area contributed by atoms with E-state index >= 15 is 0 Å². The first-order valence-electron chi connectivity index (χ1n) is 10.4.